The molecular formula is C10H20N4. The summed E-state index contributed by atoms with van der Waals surface area (Å²) in [5.41, 5.74) is 0.860. The summed E-state index contributed by atoms with van der Waals surface area (Å²) >= 11 is 0. The summed E-state index contributed by atoms with van der Waals surface area (Å²) in [6.45, 7) is 7.22. The van der Waals surface area contributed by atoms with Gasteiger partial charge in [0.2, 0.25) is 0 Å². The van der Waals surface area contributed by atoms with Gasteiger partial charge in [-0.25, -0.2) is 5.84 Å². The summed E-state index contributed by atoms with van der Waals surface area (Å²) in [6, 6.07) is 0. The Morgan fingerprint density at radius 3 is 2.57 bits per heavy atom. The predicted molar refractivity (Wildman–Crippen MR) is 62.7 cm³/mol. The average Bonchev–Trinajstić information content (AvgIpc) is 2.22. The van der Waals surface area contributed by atoms with Gasteiger partial charge in [-0.2, -0.15) is 0 Å². The minimum Gasteiger partial charge on any atom is -0.294 e. The van der Waals surface area contributed by atoms with E-state index in [-0.39, 0.29) is 0 Å². The fraction of sp³-hybridized carbons (Fsp3) is 0.600. The highest BCUT2D eigenvalue weighted by atomic mass is 15.4. The summed E-state index contributed by atoms with van der Waals surface area (Å²) in [5.74, 6) is 6.53. The smallest absolute Gasteiger partial charge is 0.159 e. The first-order chi connectivity index (χ1) is 6.67. The first-order valence-corrected chi connectivity index (χ1v) is 4.78. The van der Waals surface area contributed by atoms with Gasteiger partial charge < -0.3 is 0 Å². The molecular weight excluding hydrogens is 176 g/mol. The summed E-state index contributed by atoms with van der Waals surface area (Å²) in [6.07, 6.45) is 3.94. The Morgan fingerprint density at radius 2 is 2.14 bits per heavy atom. The lowest BCUT2D eigenvalue weighted by Gasteiger charge is -2.18. The number of nitrogens with two attached hydrogens (primary N) is 1. The lowest BCUT2D eigenvalue weighted by molar-refractivity contribution is 0.469. The molecule has 0 spiro atoms. The fourth-order valence-electron chi connectivity index (χ4n) is 0.907. The van der Waals surface area contributed by atoms with Crippen LogP contribution in [-0.4, -0.2) is 36.7 Å². The monoisotopic (exact) mass is 196 g/mol. The number of aliphatic imine (C=N–C) groups is 2. The van der Waals surface area contributed by atoms with E-state index in [4.69, 9.17) is 5.84 Å². The number of hydrogen-bond donors (Lipinski definition) is 1. The van der Waals surface area contributed by atoms with Crippen molar-refractivity contribution in [2.75, 3.05) is 20.1 Å². The largest absolute Gasteiger partial charge is 0.294 e. The van der Waals surface area contributed by atoms with Crippen LogP contribution in [0.4, 0.5) is 0 Å². The Morgan fingerprint density at radius 1 is 1.50 bits per heavy atom. The van der Waals surface area contributed by atoms with Gasteiger partial charge in [-0.3, -0.25) is 15.0 Å². The van der Waals surface area contributed by atoms with E-state index >= 15 is 0 Å². The maximum absolute atomic E-state index is 5.77. The zero-order valence-corrected chi connectivity index (χ0v) is 9.49. The molecule has 0 aliphatic rings. The highest BCUT2D eigenvalue weighted by Crippen LogP contribution is 1.90. The number of rotatable bonds is 4. The molecule has 0 aromatic heterocycles. The molecule has 80 valence electrons. The SMILES string of the molecule is C/C=C/CN=C(C(C)=NC)N(N)CC. The molecule has 0 saturated heterocycles. The van der Waals surface area contributed by atoms with E-state index in [0.29, 0.717) is 6.54 Å². The summed E-state index contributed by atoms with van der Waals surface area (Å²) in [7, 11) is 1.74. The van der Waals surface area contributed by atoms with Crippen LogP contribution in [0.3, 0.4) is 0 Å². The summed E-state index contributed by atoms with van der Waals surface area (Å²) in [5, 5.41) is 1.60. The summed E-state index contributed by atoms with van der Waals surface area (Å²) in [4.78, 5) is 8.43. The van der Waals surface area contributed by atoms with Gasteiger partial charge in [0, 0.05) is 13.6 Å². The maximum Gasteiger partial charge on any atom is 0.159 e. The number of hydrogen-bond acceptors (Lipinski definition) is 3. The number of amidine groups is 1. The Kier molecular flexibility index (Phi) is 6.66. The Labute approximate surface area is 86.2 Å². The zero-order valence-electron chi connectivity index (χ0n) is 9.49. The standard InChI is InChI=1S/C10H20N4/c1-5-7-8-13-10(9(3)12-4)14(11)6-2/h5,7H,6,8,11H2,1-4H3/b7-5+,12-9?,13-10?. The van der Waals surface area contributed by atoms with Crippen molar-refractivity contribution in [3.05, 3.63) is 12.2 Å². The van der Waals surface area contributed by atoms with Crippen LogP contribution in [0.1, 0.15) is 20.8 Å². The number of nitrogens with zero attached hydrogens (tertiary/aromatic N) is 3. The van der Waals surface area contributed by atoms with Crippen molar-refractivity contribution in [1.82, 2.24) is 5.01 Å². The average molecular weight is 196 g/mol. The van der Waals surface area contributed by atoms with E-state index in [9.17, 15) is 0 Å². The minimum atomic E-state index is 0.645. The van der Waals surface area contributed by atoms with Gasteiger partial charge in [0.25, 0.3) is 0 Å². The van der Waals surface area contributed by atoms with E-state index in [1.54, 1.807) is 12.1 Å². The molecule has 0 aliphatic carbocycles. The van der Waals surface area contributed by atoms with Gasteiger partial charge in [0.15, 0.2) is 5.84 Å². The second-order valence-corrected chi connectivity index (χ2v) is 2.83. The van der Waals surface area contributed by atoms with Gasteiger partial charge in [0.1, 0.15) is 0 Å². The molecule has 0 atom stereocenters. The molecule has 0 saturated carbocycles. The van der Waals surface area contributed by atoms with Crippen molar-refractivity contribution in [3.63, 3.8) is 0 Å². The van der Waals surface area contributed by atoms with Gasteiger partial charge in [0.05, 0.1) is 12.3 Å². The molecule has 0 heterocycles. The third kappa shape index (κ3) is 4.18. The predicted octanol–water partition coefficient (Wildman–Crippen LogP) is 1.25. The van der Waals surface area contributed by atoms with Crippen LogP contribution in [0.25, 0.3) is 0 Å². The van der Waals surface area contributed by atoms with Crippen molar-refractivity contribution in [3.8, 4) is 0 Å². The lowest BCUT2D eigenvalue weighted by Crippen LogP contribution is -2.41. The molecule has 0 aromatic carbocycles. The molecule has 4 heteroatoms. The molecule has 2 N–H and O–H groups in total. The van der Waals surface area contributed by atoms with E-state index in [2.05, 4.69) is 9.98 Å². The van der Waals surface area contributed by atoms with Gasteiger partial charge >= 0.3 is 0 Å². The molecule has 0 rings (SSSR count). The van der Waals surface area contributed by atoms with Crippen molar-refractivity contribution >= 4 is 11.5 Å². The molecule has 0 amide bonds. The molecule has 0 unspecified atom stereocenters. The second-order valence-electron chi connectivity index (χ2n) is 2.83. The van der Waals surface area contributed by atoms with Crippen LogP contribution in [0.2, 0.25) is 0 Å². The summed E-state index contributed by atoms with van der Waals surface area (Å²) < 4.78 is 0. The highest BCUT2D eigenvalue weighted by molar-refractivity contribution is 6.40. The molecule has 0 aliphatic heterocycles. The quantitative estimate of drug-likeness (QED) is 0.242. The Bertz CT molecular complexity index is 241. The number of allylic oxidation sites excluding steroid dienone is 1. The van der Waals surface area contributed by atoms with Crippen LogP contribution in [0.5, 0.6) is 0 Å². The Hall–Kier alpha value is -1.16. The molecule has 0 bridgehead atoms. The van der Waals surface area contributed by atoms with Crippen LogP contribution >= 0.6 is 0 Å². The Balaban J connectivity index is 4.62. The van der Waals surface area contributed by atoms with E-state index in [1.807, 2.05) is 32.9 Å². The fourth-order valence-corrected chi connectivity index (χ4v) is 0.907. The van der Waals surface area contributed by atoms with Crippen molar-refractivity contribution in [1.29, 1.82) is 0 Å². The first-order valence-electron chi connectivity index (χ1n) is 4.78. The third-order valence-corrected chi connectivity index (χ3v) is 1.85. The first kappa shape index (κ1) is 12.8. The van der Waals surface area contributed by atoms with E-state index in [1.165, 1.54) is 0 Å². The van der Waals surface area contributed by atoms with Gasteiger partial charge in [-0.1, -0.05) is 12.2 Å². The minimum absolute atomic E-state index is 0.645. The second kappa shape index (κ2) is 7.26. The van der Waals surface area contributed by atoms with Gasteiger partial charge in [-0.15, -0.1) is 0 Å². The highest BCUT2D eigenvalue weighted by Gasteiger charge is 2.07. The maximum atomic E-state index is 5.77. The third-order valence-electron chi connectivity index (χ3n) is 1.85. The molecule has 14 heavy (non-hydrogen) atoms. The van der Waals surface area contributed by atoms with Crippen molar-refractivity contribution in [2.24, 2.45) is 15.8 Å². The molecule has 0 aromatic rings. The molecule has 0 radical (unpaired) electrons. The van der Waals surface area contributed by atoms with E-state index in [0.717, 1.165) is 18.1 Å². The van der Waals surface area contributed by atoms with Crippen LogP contribution in [0, 0.1) is 0 Å². The van der Waals surface area contributed by atoms with Crippen LogP contribution < -0.4 is 5.84 Å². The van der Waals surface area contributed by atoms with Crippen LogP contribution in [-0.2, 0) is 0 Å². The van der Waals surface area contributed by atoms with E-state index < -0.39 is 0 Å². The number of hydrazine groups is 1. The van der Waals surface area contributed by atoms with Gasteiger partial charge in [-0.05, 0) is 20.8 Å². The topological polar surface area (TPSA) is 54.0 Å². The van der Waals surface area contributed by atoms with Crippen LogP contribution in [0.15, 0.2) is 22.1 Å². The zero-order chi connectivity index (χ0) is 11.0. The lowest BCUT2D eigenvalue weighted by atomic mass is 10.3. The molecule has 0 fully saturated rings. The van der Waals surface area contributed by atoms with Crippen molar-refractivity contribution in [2.45, 2.75) is 20.8 Å². The normalized spacial score (nSPS) is 13.8. The molecule has 4 nitrogen and oxygen atoms in total. The van der Waals surface area contributed by atoms with Crippen molar-refractivity contribution < 1.29 is 0 Å².